The largest absolute Gasteiger partial charge is 0.332 e. The van der Waals surface area contributed by atoms with Gasteiger partial charge in [-0.3, -0.25) is 4.57 Å². The quantitative estimate of drug-likeness (QED) is 0.603. The molecule has 18 heavy (non-hydrogen) atoms. The first kappa shape index (κ1) is 12.1. The number of benzene rings is 1. The molecule has 2 aromatic rings. The Morgan fingerprint density at radius 1 is 1.28 bits per heavy atom. The van der Waals surface area contributed by atoms with E-state index in [-0.39, 0.29) is 5.69 Å². The summed E-state index contributed by atoms with van der Waals surface area (Å²) in [6.45, 7) is 2.19. The van der Waals surface area contributed by atoms with Crippen LogP contribution in [0, 0.1) is 6.92 Å². The van der Waals surface area contributed by atoms with E-state index in [0.29, 0.717) is 6.54 Å². The Bertz CT molecular complexity index is 659. The third kappa shape index (κ3) is 2.17. The van der Waals surface area contributed by atoms with Crippen LogP contribution in [0.1, 0.15) is 11.3 Å². The first-order chi connectivity index (χ1) is 8.63. The summed E-state index contributed by atoms with van der Waals surface area (Å²) in [5.41, 5.74) is 2.51. The smallest absolute Gasteiger partial charge is 0.302 e. The van der Waals surface area contributed by atoms with E-state index in [9.17, 15) is 9.59 Å². The van der Waals surface area contributed by atoms with Gasteiger partial charge in [0.15, 0.2) is 0 Å². The molecule has 0 aliphatic carbocycles. The summed E-state index contributed by atoms with van der Waals surface area (Å²) < 4.78 is 3.17. The van der Waals surface area contributed by atoms with Crippen molar-refractivity contribution >= 4 is 6.08 Å². The predicted octanol–water partition coefficient (Wildman–Crippen LogP) is 1.32. The van der Waals surface area contributed by atoms with E-state index >= 15 is 0 Å². The van der Waals surface area contributed by atoms with Crippen LogP contribution in [0.25, 0.3) is 5.69 Å². The van der Waals surface area contributed by atoms with Gasteiger partial charge in [-0.05, 0) is 24.6 Å². The van der Waals surface area contributed by atoms with Gasteiger partial charge in [0.05, 0.1) is 12.2 Å². The van der Waals surface area contributed by atoms with E-state index in [0.717, 1.165) is 16.9 Å². The van der Waals surface area contributed by atoms with Crippen molar-refractivity contribution in [3.8, 4) is 5.69 Å². The van der Waals surface area contributed by atoms with E-state index in [1.54, 1.807) is 22.4 Å². The molecule has 0 amide bonds. The highest BCUT2D eigenvalue weighted by Gasteiger charge is 2.07. The fraction of sp³-hybridized carbons (Fsp3) is 0.231. The minimum atomic E-state index is -0.0776. The maximum atomic E-state index is 11.9. The fourth-order valence-corrected chi connectivity index (χ4v) is 1.89. The van der Waals surface area contributed by atoms with E-state index in [2.05, 4.69) is 4.99 Å². The van der Waals surface area contributed by atoms with Gasteiger partial charge >= 0.3 is 5.69 Å². The lowest BCUT2D eigenvalue weighted by molar-refractivity contribution is 0.563. The molecule has 5 heteroatoms. The third-order valence-electron chi connectivity index (χ3n) is 2.75. The molecule has 1 heterocycles. The minimum Gasteiger partial charge on any atom is -0.302 e. The number of isocyanates is 1. The van der Waals surface area contributed by atoms with Gasteiger partial charge in [-0.15, -0.1) is 0 Å². The number of imidazole rings is 1. The maximum absolute atomic E-state index is 11.9. The van der Waals surface area contributed by atoms with Gasteiger partial charge in [-0.1, -0.05) is 12.1 Å². The number of aryl methyl sites for hydroxylation is 2. The molecule has 0 fully saturated rings. The Labute approximate surface area is 104 Å². The van der Waals surface area contributed by atoms with Gasteiger partial charge in [-0.2, -0.15) is 0 Å². The minimum absolute atomic E-state index is 0.0776. The van der Waals surface area contributed by atoms with Crippen LogP contribution >= 0.6 is 0 Å². The van der Waals surface area contributed by atoms with Crippen molar-refractivity contribution in [2.24, 2.45) is 12.0 Å². The second-order valence-corrected chi connectivity index (χ2v) is 4.07. The number of rotatable bonds is 3. The van der Waals surface area contributed by atoms with Crippen LogP contribution in [-0.4, -0.2) is 15.2 Å². The third-order valence-corrected chi connectivity index (χ3v) is 2.75. The first-order valence-electron chi connectivity index (χ1n) is 5.51. The lowest BCUT2D eigenvalue weighted by Crippen LogP contribution is -2.21. The number of aliphatic imine (C=N–C) groups is 1. The topological polar surface area (TPSA) is 56.4 Å². The monoisotopic (exact) mass is 243 g/mol. The molecule has 0 saturated carbocycles. The molecule has 92 valence electrons. The number of nitrogens with zero attached hydrogens (tertiary/aromatic N) is 3. The number of aromatic nitrogens is 2. The summed E-state index contributed by atoms with van der Waals surface area (Å²) in [6, 6.07) is 7.36. The SMILES string of the molecule is Cc1cn(C)c(=O)n1-c1ccc(CN=C=O)cc1. The van der Waals surface area contributed by atoms with Gasteiger partial charge < -0.3 is 4.57 Å². The highest BCUT2D eigenvalue weighted by Crippen LogP contribution is 2.11. The average molecular weight is 243 g/mol. The molecular weight excluding hydrogens is 230 g/mol. The lowest BCUT2D eigenvalue weighted by atomic mass is 10.2. The standard InChI is InChI=1S/C13H13N3O2/c1-10-8-15(2)13(18)16(10)12-5-3-11(4-6-12)7-14-9-17/h3-6,8H,7H2,1-2H3. The second kappa shape index (κ2) is 4.85. The molecule has 1 aromatic carbocycles. The molecule has 0 aliphatic rings. The molecule has 5 nitrogen and oxygen atoms in total. The summed E-state index contributed by atoms with van der Waals surface area (Å²) in [4.78, 5) is 25.4. The van der Waals surface area contributed by atoms with Gasteiger partial charge in [-0.25, -0.2) is 14.6 Å². The van der Waals surface area contributed by atoms with Gasteiger partial charge in [0, 0.05) is 18.9 Å². The Balaban J connectivity index is 2.40. The van der Waals surface area contributed by atoms with Gasteiger partial charge in [0.25, 0.3) is 0 Å². The Hall–Kier alpha value is -2.39. The number of hydrogen-bond donors (Lipinski definition) is 0. The van der Waals surface area contributed by atoms with Crippen LogP contribution < -0.4 is 5.69 Å². The average Bonchev–Trinajstić information content (AvgIpc) is 2.62. The van der Waals surface area contributed by atoms with E-state index in [1.165, 1.54) is 6.08 Å². The van der Waals surface area contributed by atoms with Crippen molar-refractivity contribution in [3.63, 3.8) is 0 Å². The molecule has 0 atom stereocenters. The van der Waals surface area contributed by atoms with Crippen LogP contribution in [-0.2, 0) is 18.4 Å². The zero-order valence-electron chi connectivity index (χ0n) is 10.3. The molecule has 1 aromatic heterocycles. The van der Waals surface area contributed by atoms with Crippen LogP contribution in [0.2, 0.25) is 0 Å². The predicted molar refractivity (Wildman–Crippen MR) is 67.6 cm³/mol. The lowest BCUT2D eigenvalue weighted by Gasteiger charge is -2.04. The first-order valence-corrected chi connectivity index (χ1v) is 5.51. The molecule has 2 rings (SSSR count). The summed E-state index contributed by atoms with van der Waals surface area (Å²) in [7, 11) is 1.72. The normalized spacial score (nSPS) is 10.1. The van der Waals surface area contributed by atoms with Crippen LogP contribution in [0.4, 0.5) is 0 Å². The van der Waals surface area contributed by atoms with Crippen molar-refractivity contribution in [1.29, 1.82) is 0 Å². The Morgan fingerprint density at radius 3 is 2.44 bits per heavy atom. The van der Waals surface area contributed by atoms with Crippen molar-refractivity contribution < 1.29 is 4.79 Å². The molecule has 0 bridgehead atoms. The molecule has 0 radical (unpaired) electrons. The number of hydrogen-bond acceptors (Lipinski definition) is 3. The maximum Gasteiger partial charge on any atom is 0.332 e. The molecule has 0 saturated heterocycles. The molecule has 0 N–H and O–H groups in total. The van der Waals surface area contributed by atoms with Gasteiger partial charge in [0.2, 0.25) is 6.08 Å². The van der Waals surface area contributed by atoms with E-state index in [4.69, 9.17) is 0 Å². The van der Waals surface area contributed by atoms with Gasteiger partial charge in [0.1, 0.15) is 0 Å². The molecular formula is C13H13N3O2. The van der Waals surface area contributed by atoms with Crippen molar-refractivity contribution in [1.82, 2.24) is 9.13 Å². The zero-order chi connectivity index (χ0) is 13.1. The Morgan fingerprint density at radius 2 is 1.94 bits per heavy atom. The molecule has 0 aliphatic heterocycles. The van der Waals surface area contributed by atoms with Crippen LogP contribution in [0.5, 0.6) is 0 Å². The summed E-state index contributed by atoms with van der Waals surface area (Å²) >= 11 is 0. The van der Waals surface area contributed by atoms with E-state index in [1.807, 2.05) is 31.2 Å². The summed E-state index contributed by atoms with van der Waals surface area (Å²) in [5, 5.41) is 0. The van der Waals surface area contributed by atoms with Crippen molar-refractivity contribution in [2.45, 2.75) is 13.5 Å². The van der Waals surface area contributed by atoms with E-state index < -0.39 is 0 Å². The summed E-state index contributed by atoms with van der Waals surface area (Å²) in [5.74, 6) is 0. The Kier molecular flexibility index (Phi) is 3.26. The highest BCUT2D eigenvalue weighted by molar-refractivity contribution is 5.38. The van der Waals surface area contributed by atoms with Crippen LogP contribution in [0.15, 0.2) is 40.2 Å². The van der Waals surface area contributed by atoms with Crippen molar-refractivity contribution in [3.05, 3.63) is 52.2 Å². The molecule has 0 spiro atoms. The second-order valence-electron chi connectivity index (χ2n) is 4.07. The number of carbonyl (C=O) groups excluding carboxylic acids is 1. The van der Waals surface area contributed by atoms with Crippen LogP contribution in [0.3, 0.4) is 0 Å². The molecule has 0 unspecified atom stereocenters. The summed E-state index contributed by atoms with van der Waals surface area (Å²) in [6.07, 6.45) is 3.29. The highest BCUT2D eigenvalue weighted by atomic mass is 16.1. The fourth-order valence-electron chi connectivity index (χ4n) is 1.89. The zero-order valence-corrected chi connectivity index (χ0v) is 10.3. The van der Waals surface area contributed by atoms with Crippen molar-refractivity contribution in [2.75, 3.05) is 0 Å².